The second kappa shape index (κ2) is 33.2. The highest BCUT2D eigenvalue weighted by atomic mass is 32.2. The Hall–Kier alpha value is -0.910. The van der Waals surface area contributed by atoms with E-state index in [1.165, 1.54) is 223 Å². The zero-order chi connectivity index (χ0) is 35.6. The molecule has 4 nitrogen and oxygen atoms in total. The lowest BCUT2D eigenvalue weighted by atomic mass is 10.0. The quantitative estimate of drug-likeness (QED) is 0.0453. The fraction of sp³-hybridized carbons (Fsp3) is 0.860. The Kier molecular flexibility index (Phi) is 32.6. The van der Waals surface area contributed by atoms with Crippen LogP contribution in [0.2, 0.25) is 0 Å². The van der Waals surface area contributed by atoms with E-state index in [1.807, 2.05) is 6.92 Å². The molecule has 0 bridgehead atoms. The van der Waals surface area contributed by atoms with E-state index in [1.54, 1.807) is 12.1 Å². The molecule has 0 atom stereocenters. The maximum Gasteiger partial charge on any atom is 0.294 e. The minimum atomic E-state index is -4.02. The van der Waals surface area contributed by atoms with Crippen LogP contribution in [0, 0.1) is 6.92 Å². The summed E-state index contributed by atoms with van der Waals surface area (Å²) in [4.78, 5) is -0.0666. The van der Waals surface area contributed by atoms with Crippen LogP contribution in [0.1, 0.15) is 213 Å². The number of hydrogen-bond donors (Lipinski definition) is 1. The van der Waals surface area contributed by atoms with E-state index in [2.05, 4.69) is 27.7 Å². The largest absolute Gasteiger partial charge is 0.324 e. The predicted molar refractivity (Wildman–Crippen MR) is 213 cm³/mol. The minimum absolute atomic E-state index is 0.0666. The lowest BCUT2D eigenvalue weighted by Crippen LogP contribution is -2.50. The highest BCUT2D eigenvalue weighted by Crippen LogP contribution is 2.21. The first-order chi connectivity index (χ1) is 23.2. The van der Waals surface area contributed by atoms with Crippen molar-refractivity contribution in [2.24, 2.45) is 0 Å². The molecule has 0 spiro atoms. The Morgan fingerprint density at radius 2 is 0.646 bits per heavy atom. The van der Waals surface area contributed by atoms with Gasteiger partial charge in [0.2, 0.25) is 0 Å². The third kappa shape index (κ3) is 28.9. The molecule has 1 rings (SSSR count). The number of aryl methyl sites for hydroxylation is 1. The van der Waals surface area contributed by atoms with Crippen LogP contribution >= 0.6 is 0 Å². The number of quaternary nitrogens is 1. The molecule has 0 heterocycles. The Balaban J connectivity index is 0.00000168. The van der Waals surface area contributed by atoms with Crippen LogP contribution in [0.3, 0.4) is 0 Å². The van der Waals surface area contributed by atoms with Crippen molar-refractivity contribution in [2.45, 2.75) is 219 Å². The van der Waals surface area contributed by atoms with E-state index in [-0.39, 0.29) is 4.90 Å². The average molecular weight is 695 g/mol. The van der Waals surface area contributed by atoms with E-state index >= 15 is 0 Å². The van der Waals surface area contributed by atoms with Crippen molar-refractivity contribution in [1.29, 1.82) is 0 Å². The zero-order valence-corrected chi connectivity index (χ0v) is 33.9. The highest BCUT2D eigenvalue weighted by Gasteiger charge is 2.25. The maximum absolute atomic E-state index is 10.5. The fourth-order valence-electron chi connectivity index (χ4n) is 7.00. The van der Waals surface area contributed by atoms with Crippen LogP contribution in [0.25, 0.3) is 0 Å². The fourth-order valence-corrected chi connectivity index (χ4v) is 7.48. The Labute approximate surface area is 302 Å². The smallest absolute Gasteiger partial charge is 0.294 e. The zero-order valence-electron chi connectivity index (χ0n) is 33.1. The number of unbranched alkanes of at least 4 members (excludes halogenated alkanes) is 24. The van der Waals surface area contributed by atoms with Crippen LogP contribution in [0.5, 0.6) is 0 Å². The first kappa shape index (κ1) is 47.1. The molecule has 0 aromatic heterocycles. The van der Waals surface area contributed by atoms with Gasteiger partial charge >= 0.3 is 0 Å². The molecule has 0 aliphatic heterocycles. The van der Waals surface area contributed by atoms with Gasteiger partial charge in [-0.25, -0.2) is 0 Å². The Morgan fingerprint density at radius 1 is 0.417 bits per heavy atom. The first-order valence-electron chi connectivity index (χ1n) is 21.1. The van der Waals surface area contributed by atoms with Crippen molar-refractivity contribution in [3.63, 3.8) is 0 Å². The summed E-state index contributed by atoms with van der Waals surface area (Å²) in [5.41, 5.74) is 0.956. The van der Waals surface area contributed by atoms with Crippen molar-refractivity contribution < 1.29 is 17.5 Å². The summed E-state index contributed by atoms with van der Waals surface area (Å²) in [6.07, 6.45) is 40.7. The molecule has 1 N–H and O–H groups in total. The van der Waals surface area contributed by atoms with E-state index in [0.717, 1.165) is 5.56 Å². The Morgan fingerprint density at radius 3 is 0.875 bits per heavy atom. The molecule has 5 heteroatoms. The van der Waals surface area contributed by atoms with Gasteiger partial charge in [-0.15, -0.1) is 0 Å². The molecule has 0 saturated heterocycles. The average Bonchev–Trinajstić information content (AvgIpc) is 3.07. The molecular weight excluding hydrogens is 611 g/mol. The van der Waals surface area contributed by atoms with E-state index in [4.69, 9.17) is 4.55 Å². The van der Waals surface area contributed by atoms with Crippen LogP contribution in [-0.2, 0) is 10.1 Å². The number of rotatable bonds is 33. The van der Waals surface area contributed by atoms with Crippen molar-refractivity contribution in [3.05, 3.63) is 29.8 Å². The predicted octanol–water partition coefficient (Wildman–Crippen LogP) is 14.0. The standard InChI is InChI=1S/C36H76N.C7H8O3S/c1-5-9-13-17-21-22-23-24-28-32-36-37(33-29-25-18-14-10-6-2,34-30-26-19-15-11-7-3)35-31-27-20-16-12-8-4;1-6-2-4-7(5-3-6)11(8,9)10/h5-36H2,1-4H3;2-5H,1H3,(H,8,9,10)/q+1;. The van der Waals surface area contributed by atoms with Gasteiger partial charge in [-0.05, 0) is 70.4 Å². The van der Waals surface area contributed by atoms with E-state index in [0.29, 0.717) is 0 Å². The maximum atomic E-state index is 10.5. The molecule has 0 unspecified atom stereocenters. The third-order valence-electron chi connectivity index (χ3n) is 10.3. The molecular formula is C43H84NO3S+. The molecule has 0 saturated carbocycles. The molecule has 1 aromatic rings. The molecule has 0 aliphatic carbocycles. The van der Waals surface area contributed by atoms with Crippen molar-refractivity contribution in [2.75, 3.05) is 26.2 Å². The second-order valence-corrected chi connectivity index (χ2v) is 16.4. The SMILES string of the molecule is CCCCCCCCCCCC[N+](CCCCCCCC)(CCCCCCCC)CCCCCCCC.Cc1ccc(S(=O)(=O)O)cc1. The van der Waals surface area contributed by atoms with E-state index in [9.17, 15) is 8.42 Å². The monoisotopic (exact) mass is 695 g/mol. The normalized spacial score (nSPS) is 11.9. The molecule has 0 aliphatic rings. The molecule has 0 fully saturated rings. The van der Waals surface area contributed by atoms with Gasteiger partial charge in [0.1, 0.15) is 0 Å². The van der Waals surface area contributed by atoms with Gasteiger partial charge in [-0.3, -0.25) is 4.55 Å². The third-order valence-corrected chi connectivity index (χ3v) is 11.1. The summed E-state index contributed by atoms with van der Waals surface area (Å²) in [6, 6.07) is 5.99. The van der Waals surface area contributed by atoms with Gasteiger partial charge in [0.15, 0.2) is 0 Å². The minimum Gasteiger partial charge on any atom is -0.324 e. The van der Waals surface area contributed by atoms with Gasteiger partial charge in [0.05, 0.1) is 31.1 Å². The summed E-state index contributed by atoms with van der Waals surface area (Å²) in [5, 5.41) is 0. The van der Waals surface area contributed by atoms with Crippen LogP contribution in [0.4, 0.5) is 0 Å². The molecule has 0 radical (unpaired) electrons. The van der Waals surface area contributed by atoms with Crippen molar-refractivity contribution in [1.82, 2.24) is 0 Å². The van der Waals surface area contributed by atoms with Gasteiger partial charge in [-0.2, -0.15) is 8.42 Å². The summed E-state index contributed by atoms with van der Waals surface area (Å²) in [5.74, 6) is 0. The molecule has 284 valence electrons. The van der Waals surface area contributed by atoms with Crippen LogP contribution < -0.4 is 0 Å². The molecule has 0 amide bonds. The van der Waals surface area contributed by atoms with Crippen LogP contribution in [0.15, 0.2) is 29.2 Å². The number of hydrogen-bond acceptors (Lipinski definition) is 2. The Bertz CT molecular complexity index is 858. The topological polar surface area (TPSA) is 54.4 Å². The van der Waals surface area contributed by atoms with Gasteiger partial charge in [0.25, 0.3) is 10.1 Å². The highest BCUT2D eigenvalue weighted by molar-refractivity contribution is 7.85. The van der Waals surface area contributed by atoms with Crippen molar-refractivity contribution in [3.8, 4) is 0 Å². The first-order valence-corrected chi connectivity index (χ1v) is 22.6. The molecule has 1 aromatic carbocycles. The number of benzene rings is 1. The summed E-state index contributed by atoms with van der Waals surface area (Å²) >= 11 is 0. The summed E-state index contributed by atoms with van der Waals surface area (Å²) in [6.45, 7) is 17.1. The second-order valence-electron chi connectivity index (χ2n) is 15.0. The van der Waals surface area contributed by atoms with Gasteiger partial charge in [-0.1, -0.05) is 174 Å². The van der Waals surface area contributed by atoms with Crippen LogP contribution in [-0.4, -0.2) is 43.6 Å². The molecule has 48 heavy (non-hydrogen) atoms. The summed E-state index contributed by atoms with van der Waals surface area (Å²) < 4.78 is 31.0. The lowest BCUT2D eigenvalue weighted by Gasteiger charge is -2.40. The lowest BCUT2D eigenvalue weighted by molar-refractivity contribution is -0.929. The van der Waals surface area contributed by atoms with Crippen molar-refractivity contribution >= 4 is 10.1 Å². The van der Waals surface area contributed by atoms with Gasteiger partial charge < -0.3 is 4.48 Å². The summed E-state index contributed by atoms with van der Waals surface area (Å²) in [7, 11) is -4.02. The number of nitrogens with zero attached hydrogens (tertiary/aromatic N) is 1. The van der Waals surface area contributed by atoms with Gasteiger partial charge in [0, 0.05) is 0 Å². The van der Waals surface area contributed by atoms with E-state index < -0.39 is 10.1 Å².